The monoisotopic (exact) mass is 214 g/mol. The molecule has 0 aliphatic carbocycles. The molecule has 0 aliphatic heterocycles. The van der Waals surface area contributed by atoms with Crippen molar-refractivity contribution in [2.24, 2.45) is 5.11 Å². The molecule has 5 heteroatoms. The van der Waals surface area contributed by atoms with E-state index in [9.17, 15) is 4.79 Å². The van der Waals surface area contributed by atoms with Gasteiger partial charge in [-0.15, -0.1) is 0 Å². The number of azide groups is 1. The van der Waals surface area contributed by atoms with E-state index >= 15 is 0 Å². The van der Waals surface area contributed by atoms with Crippen LogP contribution in [0, 0.1) is 0 Å². The summed E-state index contributed by atoms with van der Waals surface area (Å²) >= 11 is 0. The van der Waals surface area contributed by atoms with Gasteiger partial charge in [0.2, 0.25) is 0 Å². The number of para-hydroxylation sites is 1. The number of aryl methyl sites for hydroxylation is 1. The summed E-state index contributed by atoms with van der Waals surface area (Å²) in [5.41, 5.74) is 9.88. The van der Waals surface area contributed by atoms with Gasteiger partial charge in [-0.25, -0.2) is 0 Å². The first kappa shape index (κ1) is 10.3. The Balaban J connectivity index is 2.94. The number of carbonyl (C=O) groups is 1. The van der Waals surface area contributed by atoms with Gasteiger partial charge in [-0.2, -0.15) is 0 Å². The van der Waals surface area contributed by atoms with E-state index in [4.69, 9.17) is 5.53 Å². The molecular weight excluding hydrogens is 204 g/mol. The molecule has 1 heterocycles. The molecule has 0 atom stereocenters. The topological polar surface area (TPSA) is 70.8 Å². The van der Waals surface area contributed by atoms with Crippen molar-refractivity contribution in [1.82, 2.24) is 4.57 Å². The summed E-state index contributed by atoms with van der Waals surface area (Å²) in [5.74, 6) is 0.390. The Morgan fingerprint density at radius 2 is 2.25 bits per heavy atom. The largest absolute Gasteiger partial charge is 0.339 e. The predicted octanol–water partition coefficient (Wildman–Crippen LogP) is 3.42. The molecule has 0 spiro atoms. The molecule has 1 aromatic carbocycles. The fraction of sp³-hybridized carbons (Fsp3) is 0.182. The number of benzene rings is 1. The van der Waals surface area contributed by atoms with E-state index in [0.717, 1.165) is 17.2 Å². The van der Waals surface area contributed by atoms with Gasteiger partial charge < -0.3 is 4.57 Å². The minimum atomic E-state index is 0.390. The lowest BCUT2D eigenvalue weighted by molar-refractivity contribution is 0.112. The molecule has 0 fully saturated rings. The van der Waals surface area contributed by atoms with Crippen LogP contribution in [0.4, 0.5) is 5.82 Å². The third-order valence-electron chi connectivity index (χ3n) is 2.56. The van der Waals surface area contributed by atoms with E-state index in [1.165, 1.54) is 0 Å². The van der Waals surface area contributed by atoms with Gasteiger partial charge in [0.15, 0.2) is 6.29 Å². The summed E-state index contributed by atoms with van der Waals surface area (Å²) in [6.07, 6.45) is 0.735. The van der Waals surface area contributed by atoms with E-state index in [2.05, 4.69) is 10.0 Å². The van der Waals surface area contributed by atoms with Gasteiger partial charge >= 0.3 is 0 Å². The molecule has 0 aliphatic rings. The Morgan fingerprint density at radius 1 is 1.50 bits per heavy atom. The van der Waals surface area contributed by atoms with Gasteiger partial charge in [-0.3, -0.25) is 4.79 Å². The average molecular weight is 214 g/mol. The molecule has 16 heavy (non-hydrogen) atoms. The molecule has 0 unspecified atom stereocenters. The van der Waals surface area contributed by atoms with Crippen LogP contribution < -0.4 is 0 Å². The van der Waals surface area contributed by atoms with Crippen LogP contribution in [0.25, 0.3) is 21.3 Å². The minimum Gasteiger partial charge on any atom is -0.339 e. The zero-order valence-electron chi connectivity index (χ0n) is 8.79. The zero-order valence-corrected chi connectivity index (χ0v) is 8.79. The summed E-state index contributed by atoms with van der Waals surface area (Å²) in [6.45, 7) is 2.60. The Labute approximate surface area is 91.9 Å². The van der Waals surface area contributed by atoms with Crippen molar-refractivity contribution in [2.45, 2.75) is 13.5 Å². The molecule has 1 aromatic heterocycles. The van der Waals surface area contributed by atoms with Gasteiger partial charge in [-0.05, 0) is 23.6 Å². The number of fused-ring (bicyclic) bond motifs is 1. The van der Waals surface area contributed by atoms with Crippen molar-refractivity contribution in [3.63, 3.8) is 0 Å². The van der Waals surface area contributed by atoms with Crippen LogP contribution >= 0.6 is 0 Å². The normalized spacial score (nSPS) is 10.1. The van der Waals surface area contributed by atoms with E-state index in [0.29, 0.717) is 17.9 Å². The number of hydrogen-bond acceptors (Lipinski definition) is 2. The number of nitrogens with zero attached hydrogens (tertiary/aromatic N) is 4. The summed E-state index contributed by atoms with van der Waals surface area (Å²) in [6, 6.07) is 7.50. The van der Waals surface area contributed by atoms with Crippen molar-refractivity contribution in [3.8, 4) is 0 Å². The fourth-order valence-electron chi connectivity index (χ4n) is 1.90. The van der Waals surface area contributed by atoms with Crippen molar-refractivity contribution in [3.05, 3.63) is 40.3 Å². The van der Waals surface area contributed by atoms with Crippen LogP contribution in [-0.2, 0) is 6.54 Å². The Hall–Kier alpha value is -2.26. The lowest BCUT2D eigenvalue weighted by Crippen LogP contribution is -1.92. The van der Waals surface area contributed by atoms with Crippen LogP contribution in [0.15, 0.2) is 29.4 Å². The Bertz CT molecular complexity index is 593. The van der Waals surface area contributed by atoms with E-state index in [-0.39, 0.29) is 0 Å². The van der Waals surface area contributed by atoms with Gasteiger partial charge in [0.05, 0.1) is 0 Å². The molecule has 0 bridgehead atoms. The summed E-state index contributed by atoms with van der Waals surface area (Å²) in [7, 11) is 0. The Morgan fingerprint density at radius 3 is 2.88 bits per heavy atom. The summed E-state index contributed by atoms with van der Waals surface area (Å²) in [4.78, 5) is 13.8. The minimum absolute atomic E-state index is 0.390. The maximum atomic E-state index is 11.0. The SMILES string of the molecule is CCn1c(N=[N+]=[N-])c(C=O)c2ccccc21. The molecule has 5 nitrogen and oxygen atoms in total. The first-order valence-corrected chi connectivity index (χ1v) is 4.95. The van der Waals surface area contributed by atoms with E-state index < -0.39 is 0 Å². The third kappa shape index (κ3) is 1.34. The van der Waals surface area contributed by atoms with Crippen molar-refractivity contribution >= 4 is 23.0 Å². The maximum absolute atomic E-state index is 11.0. The molecule has 0 N–H and O–H groups in total. The van der Waals surface area contributed by atoms with Crippen LogP contribution in [0.3, 0.4) is 0 Å². The first-order valence-electron chi connectivity index (χ1n) is 4.95. The standard InChI is InChI=1S/C11H10N4O/c1-2-15-10-6-4-3-5-8(10)9(7-16)11(15)13-14-12/h3-7H,2H2,1H3. The number of hydrogen-bond donors (Lipinski definition) is 0. The Kier molecular flexibility index (Phi) is 2.62. The number of carbonyl (C=O) groups excluding carboxylic acids is 1. The number of rotatable bonds is 3. The fourth-order valence-corrected chi connectivity index (χ4v) is 1.90. The number of aldehydes is 1. The lowest BCUT2D eigenvalue weighted by atomic mass is 10.2. The first-order chi connectivity index (χ1) is 7.83. The molecule has 0 saturated heterocycles. The van der Waals surface area contributed by atoms with Crippen LogP contribution in [-0.4, -0.2) is 10.9 Å². The predicted molar refractivity (Wildman–Crippen MR) is 61.8 cm³/mol. The van der Waals surface area contributed by atoms with Crippen LogP contribution in [0.5, 0.6) is 0 Å². The van der Waals surface area contributed by atoms with E-state index in [1.807, 2.05) is 35.8 Å². The highest BCUT2D eigenvalue weighted by Gasteiger charge is 2.13. The second kappa shape index (κ2) is 4.08. The molecular formula is C11H10N4O. The number of aromatic nitrogens is 1. The molecule has 2 aromatic rings. The maximum Gasteiger partial charge on any atom is 0.152 e. The quantitative estimate of drug-likeness (QED) is 0.334. The molecule has 2 rings (SSSR count). The highest BCUT2D eigenvalue weighted by atomic mass is 16.1. The van der Waals surface area contributed by atoms with Crippen molar-refractivity contribution in [2.75, 3.05) is 0 Å². The summed E-state index contributed by atoms with van der Waals surface area (Å²) < 4.78 is 1.83. The second-order valence-corrected chi connectivity index (χ2v) is 3.31. The second-order valence-electron chi connectivity index (χ2n) is 3.31. The third-order valence-corrected chi connectivity index (χ3v) is 2.56. The molecule has 80 valence electrons. The highest BCUT2D eigenvalue weighted by molar-refractivity contribution is 6.03. The lowest BCUT2D eigenvalue weighted by Gasteiger charge is -2.02. The molecule has 0 saturated carbocycles. The van der Waals surface area contributed by atoms with Crippen molar-refractivity contribution < 1.29 is 4.79 Å². The van der Waals surface area contributed by atoms with Gasteiger partial charge in [0.25, 0.3) is 0 Å². The average Bonchev–Trinajstić information content (AvgIpc) is 2.62. The highest BCUT2D eigenvalue weighted by Crippen LogP contribution is 2.31. The zero-order chi connectivity index (χ0) is 11.5. The van der Waals surface area contributed by atoms with Gasteiger partial charge in [0, 0.05) is 27.9 Å². The smallest absolute Gasteiger partial charge is 0.152 e. The van der Waals surface area contributed by atoms with Gasteiger partial charge in [0.1, 0.15) is 5.82 Å². The van der Waals surface area contributed by atoms with E-state index in [1.54, 1.807) is 0 Å². The molecule has 0 amide bonds. The summed E-state index contributed by atoms with van der Waals surface area (Å²) in [5, 5.41) is 4.42. The van der Waals surface area contributed by atoms with Crippen LogP contribution in [0.1, 0.15) is 17.3 Å². The van der Waals surface area contributed by atoms with Crippen LogP contribution in [0.2, 0.25) is 0 Å². The van der Waals surface area contributed by atoms with Crippen molar-refractivity contribution in [1.29, 1.82) is 0 Å². The molecule has 0 radical (unpaired) electrons. The van der Waals surface area contributed by atoms with Gasteiger partial charge in [-0.1, -0.05) is 18.2 Å².